The first-order valence-electron chi connectivity index (χ1n) is 6.15. The average molecular weight is 257 g/mol. The van der Waals surface area contributed by atoms with E-state index in [2.05, 4.69) is 35.8 Å². The number of fused-ring (bicyclic) bond motifs is 1. The number of nitrogens with one attached hydrogen (secondary N) is 1. The summed E-state index contributed by atoms with van der Waals surface area (Å²) in [6.07, 6.45) is 4.15. The molecule has 1 aliphatic rings. The third-order valence-electron chi connectivity index (χ3n) is 3.26. The lowest BCUT2D eigenvalue weighted by Gasteiger charge is -2.06. The predicted molar refractivity (Wildman–Crippen MR) is 77.1 cm³/mol. The smallest absolute Gasteiger partial charge is 0.227 e. The highest BCUT2D eigenvalue weighted by Gasteiger charge is 2.29. The number of carbonyl (C=O) groups excluding carboxylic acids is 1. The van der Waals surface area contributed by atoms with Crippen molar-refractivity contribution in [1.29, 1.82) is 0 Å². The van der Waals surface area contributed by atoms with E-state index in [4.69, 9.17) is 0 Å². The van der Waals surface area contributed by atoms with Gasteiger partial charge in [-0.15, -0.1) is 11.8 Å². The van der Waals surface area contributed by atoms with Crippen molar-refractivity contribution in [2.45, 2.75) is 17.7 Å². The summed E-state index contributed by atoms with van der Waals surface area (Å²) in [7, 11) is 0. The number of rotatable bonds is 3. The summed E-state index contributed by atoms with van der Waals surface area (Å²) in [5, 5.41) is 5.36. The van der Waals surface area contributed by atoms with Gasteiger partial charge in [-0.2, -0.15) is 0 Å². The van der Waals surface area contributed by atoms with Crippen molar-refractivity contribution >= 4 is 34.1 Å². The summed E-state index contributed by atoms with van der Waals surface area (Å²) in [5.74, 6) is 0.412. The first kappa shape index (κ1) is 11.6. The van der Waals surface area contributed by atoms with E-state index in [0.717, 1.165) is 18.5 Å². The monoisotopic (exact) mass is 257 g/mol. The largest absolute Gasteiger partial charge is 0.326 e. The van der Waals surface area contributed by atoms with Crippen molar-refractivity contribution in [2.24, 2.45) is 5.92 Å². The average Bonchev–Trinajstić information content (AvgIpc) is 3.22. The van der Waals surface area contributed by atoms with E-state index in [-0.39, 0.29) is 11.8 Å². The predicted octanol–water partition coefficient (Wildman–Crippen LogP) is 3.91. The molecule has 1 fully saturated rings. The lowest BCUT2D eigenvalue weighted by atomic mass is 10.1. The van der Waals surface area contributed by atoms with Crippen LogP contribution in [0.25, 0.3) is 10.8 Å². The second kappa shape index (κ2) is 4.65. The Labute approximate surface area is 111 Å². The minimum atomic E-state index is 0.162. The minimum Gasteiger partial charge on any atom is -0.326 e. The molecule has 0 heterocycles. The van der Waals surface area contributed by atoms with Crippen LogP contribution in [0.5, 0.6) is 0 Å². The normalized spacial score (nSPS) is 14.7. The maximum atomic E-state index is 11.7. The zero-order chi connectivity index (χ0) is 12.5. The summed E-state index contributed by atoms with van der Waals surface area (Å²) in [4.78, 5) is 13.0. The molecular formula is C15H15NOS. The Balaban J connectivity index is 1.88. The zero-order valence-electron chi connectivity index (χ0n) is 10.3. The summed E-state index contributed by atoms with van der Waals surface area (Å²) >= 11 is 1.74. The number of anilines is 1. The molecule has 2 aromatic carbocycles. The van der Waals surface area contributed by atoms with E-state index in [1.54, 1.807) is 11.8 Å². The van der Waals surface area contributed by atoms with Crippen LogP contribution in [0.4, 0.5) is 5.69 Å². The molecule has 1 amide bonds. The number of amides is 1. The van der Waals surface area contributed by atoms with Crippen molar-refractivity contribution in [1.82, 2.24) is 0 Å². The first-order chi connectivity index (χ1) is 8.76. The lowest BCUT2D eigenvalue weighted by molar-refractivity contribution is -0.117. The van der Waals surface area contributed by atoms with Crippen molar-refractivity contribution in [2.75, 3.05) is 11.6 Å². The molecule has 18 heavy (non-hydrogen) atoms. The number of carbonyl (C=O) groups is 1. The number of benzene rings is 2. The van der Waals surface area contributed by atoms with Crippen molar-refractivity contribution < 1.29 is 4.79 Å². The maximum Gasteiger partial charge on any atom is 0.227 e. The molecule has 3 rings (SSSR count). The second-order valence-corrected chi connectivity index (χ2v) is 5.57. The molecule has 0 aromatic heterocycles. The molecular weight excluding hydrogens is 242 g/mol. The summed E-state index contributed by atoms with van der Waals surface area (Å²) < 4.78 is 0. The molecule has 1 aliphatic carbocycles. The van der Waals surface area contributed by atoms with Gasteiger partial charge in [0.25, 0.3) is 0 Å². The van der Waals surface area contributed by atoms with Crippen LogP contribution in [-0.2, 0) is 4.79 Å². The van der Waals surface area contributed by atoms with E-state index < -0.39 is 0 Å². The Morgan fingerprint density at radius 2 is 1.89 bits per heavy atom. The minimum absolute atomic E-state index is 0.162. The Morgan fingerprint density at radius 1 is 1.17 bits per heavy atom. The van der Waals surface area contributed by atoms with Crippen molar-refractivity contribution in [3.63, 3.8) is 0 Å². The van der Waals surface area contributed by atoms with Gasteiger partial charge in [0.1, 0.15) is 0 Å². The highest BCUT2D eigenvalue weighted by Crippen LogP contribution is 2.31. The molecule has 1 N–H and O–H groups in total. The topological polar surface area (TPSA) is 29.1 Å². The lowest BCUT2D eigenvalue weighted by Crippen LogP contribution is -2.12. The Hall–Kier alpha value is -1.48. The first-order valence-corrected chi connectivity index (χ1v) is 7.37. The number of hydrogen-bond donors (Lipinski definition) is 1. The van der Waals surface area contributed by atoms with Crippen LogP contribution in [0, 0.1) is 5.92 Å². The van der Waals surface area contributed by atoms with Crippen LogP contribution in [0.3, 0.4) is 0 Å². The van der Waals surface area contributed by atoms with Gasteiger partial charge < -0.3 is 5.32 Å². The molecule has 1 saturated carbocycles. The van der Waals surface area contributed by atoms with Crippen molar-refractivity contribution in [3.8, 4) is 0 Å². The zero-order valence-corrected chi connectivity index (χ0v) is 11.1. The molecule has 0 spiro atoms. The van der Waals surface area contributed by atoms with Crippen LogP contribution in [0.15, 0.2) is 41.3 Å². The van der Waals surface area contributed by atoms with Crippen molar-refractivity contribution in [3.05, 3.63) is 36.4 Å². The Kier molecular flexibility index (Phi) is 3.00. The molecule has 3 heteroatoms. The molecule has 2 nitrogen and oxygen atoms in total. The van der Waals surface area contributed by atoms with Gasteiger partial charge in [-0.25, -0.2) is 0 Å². The van der Waals surface area contributed by atoms with Crippen LogP contribution in [-0.4, -0.2) is 12.2 Å². The third-order valence-corrected chi connectivity index (χ3v) is 3.99. The second-order valence-electron chi connectivity index (χ2n) is 4.69. The van der Waals surface area contributed by atoms with E-state index >= 15 is 0 Å². The van der Waals surface area contributed by atoms with Gasteiger partial charge in [-0.1, -0.05) is 12.1 Å². The summed E-state index contributed by atoms with van der Waals surface area (Å²) in [6.45, 7) is 0. The molecule has 0 unspecified atom stereocenters. The fourth-order valence-electron chi connectivity index (χ4n) is 2.02. The Bertz CT molecular complexity index is 604. The van der Waals surface area contributed by atoms with Gasteiger partial charge in [0.2, 0.25) is 5.91 Å². The van der Waals surface area contributed by atoms with E-state index in [9.17, 15) is 4.79 Å². The van der Waals surface area contributed by atoms with Gasteiger partial charge in [0, 0.05) is 16.5 Å². The molecule has 0 aliphatic heterocycles. The highest BCUT2D eigenvalue weighted by molar-refractivity contribution is 7.98. The van der Waals surface area contributed by atoms with Gasteiger partial charge >= 0.3 is 0 Å². The molecule has 0 atom stereocenters. The third kappa shape index (κ3) is 2.36. The fourth-order valence-corrected chi connectivity index (χ4v) is 2.47. The maximum absolute atomic E-state index is 11.7. The van der Waals surface area contributed by atoms with Gasteiger partial charge in [-0.3, -0.25) is 4.79 Å². The summed E-state index contributed by atoms with van der Waals surface area (Å²) in [5.41, 5.74) is 0.899. The summed E-state index contributed by atoms with van der Waals surface area (Å²) in [6, 6.07) is 12.5. The van der Waals surface area contributed by atoms with Gasteiger partial charge in [-0.05, 0) is 54.1 Å². The molecule has 92 valence electrons. The molecule has 2 aromatic rings. The van der Waals surface area contributed by atoms with Gasteiger partial charge in [0.15, 0.2) is 0 Å². The quantitative estimate of drug-likeness (QED) is 0.845. The molecule has 0 bridgehead atoms. The SMILES string of the molecule is CSc1ccc2cc(NC(=O)C3CC3)ccc2c1. The van der Waals surface area contributed by atoms with Crippen LogP contribution in [0.1, 0.15) is 12.8 Å². The molecule has 0 radical (unpaired) electrons. The van der Waals surface area contributed by atoms with Crippen LogP contribution < -0.4 is 5.32 Å². The highest BCUT2D eigenvalue weighted by atomic mass is 32.2. The van der Waals surface area contributed by atoms with E-state index in [1.807, 2.05) is 12.1 Å². The van der Waals surface area contributed by atoms with Crippen LogP contribution >= 0.6 is 11.8 Å². The van der Waals surface area contributed by atoms with Gasteiger partial charge in [0.05, 0.1) is 0 Å². The van der Waals surface area contributed by atoms with E-state index in [0.29, 0.717) is 0 Å². The standard InChI is InChI=1S/C15H15NOS/c1-18-14-7-5-11-8-13(6-4-12(11)9-14)16-15(17)10-2-3-10/h4-10H,2-3H2,1H3,(H,16,17). The Morgan fingerprint density at radius 3 is 2.61 bits per heavy atom. The number of hydrogen-bond acceptors (Lipinski definition) is 2. The fraction of sp³-hybridized carbons (Fsp3) is 0.267. The number of thioether (sulfide) groups is 1. The van der Waals surface area contributed by atoms with Crippen LogP contribution in [0.2, 0.25) is 0 Å². The molecule has 0 saturated heterocycles. The van der Waals surface area contributed by atoms with E-state index in [1.165, 1.54) is 15.7 Å².